The molecule has 0 aromatic heterocycles. The molecular weight excluding hydrogens is 238 g/mol. The van der Waals surface area contributed by atoms with E-state index in [9.17, 15) is 8.42 Å². The molecule has 5 nitrogen and oxygen atoms in total. The van der Waals surface area contributed by atoms with E-state index in [1.165, 1.54) is 0 Å². The average Bonchev–Trinajstić information content (AvgIpc) is 2.14. The van der Waals surface area contributed by atoms with Crippen molar-refractivity contribution < 1.29 is 8.42 Å². The number of nitrogens with zero attached hydrogens (tertiary/aromatic N) is 2. The summed E-state index contributed by atoms with van der Waals surface area (Å²) in [5, 5.41) is 3.31. The van der Waals surface area contributed by atoms with Crippen molar-refractivity contribution in [1.82, 2.24) is 14.5 Å². The van der Waals surface area contributed by atoms with Crippen LogP contribution in [0.4, 0.5) is 0 Å². The lowest BCUT2D eigenvalue weighted by Gasteiger charge is -2.47. The van der Waals surface area contributed by atoms with Crippen LogP contribution in [0.25, 0.3) is 0 Å². The van der Waals surface area contributed by atoms with Crippen molar-refractivity contribution >= 4 is 10.0 Å². The monoisotopic (exact) mass is 261 g/mol. The lowest BCUT2D eigenvalue weighted by Crippen LogP contribution is -2.65. The zero-order valence-corrected chi connectivity index (χ0v) is 11.8. The minimum absolute atomic E-state index is 0.425. The predicted molar refractivity (Wildman–Crippen MR) is 68.5 cm³/mol. The molecule has 17 heavy (non-hydrogen) atoms. The third-order valence-corrected chi connectivity index (χ3v) is 6.14. The molecule has 0 aromatic rings. The van der Waals surface area contributed by atoms with Crippen molar-refractivity contribution in [1.29, 1.82) is 0 Å². The summed E-state index contributed by atoms with van der Waals surface area (Å²) in [4.78, 5) is 2.39. The number of hydrogen-bond acceptors (Lipinski definition) is 4. The van der Waals surface area contributed by atoms with E-state index >= 15 is 0 Å². The second-order valence-electron chi connectivity index (χ2n) is 5.87. The fourth-order valence-corrected chi connectivity index (χ4v) is 3.79. The van der Waals surface area contributed by atoms with Crippen LogP contribution in [-0.2, 0) is 10.0 Å². The number of sulfonamides is 1. The Balaban J connectivity index is 1.90. The Hall–Kier alpha value is -0.170. The van der Waals surface area contributed by atoms with Gasteiger partial charge in [0.05, 0.1) is 4.75 Å². The third-order valence-electron chi connectivity index (χ3n) is 3.61. The number of nitrogens with one attached hydrogen (secondary N) is 1. The Kier molecular flexibility index (Phi) is 3.51. The van der Waals surface area contributed by atoms with Gasteiger partial charge in [-0.05, 0) is 20.8 Å². The van der Waals surface area contributed by atoms with Crippen LogP contribution in [0.3, 0.4) is 0 Å². The Morgan fingerprint density at radius 3 is 2.12 bits per heavy atom. The first-order chi connectivity index (χ1) is 7.82. The first kappa shape index (κ1) is 13.3. The van der Waals surface area contributed by atoms with Crippen molar-refractivity contribution in [3.8, 4) is 0 Å². The molecule has 0 bridgehead atoms. The Bertz CT molecular complexity index is 363. The lowest BCUT2D eigenvalue weighted by atomic mass is 10.1. The normalized spacial score (nSPS) is 25.8. The van der Waals surface area contributed by atoms with Crippen molar-refractivity contribution in [3.05, 3.63) is 0 Å². The van der Waals surface area contributed by atoms with E-state index in [1.807, 2.05) is 0 Å². The zero-order chi connectivity index (χ0) is 12.7. The smallest absolute Gasteiger partial charge is 0.219 e. The van der Waals surface area contributed by atoms with Crippen LogP contribution in [-0.4, -0.2) is 67.7 Å². The minimum Gasteiger partial charge on any atom is -0.314 e. The fraction of sp³-hybridized carbons (Fsp3) is 1.00. The van der Waals surface area contributed by atoms with E-state index in [-0.39, 0.29) is 0 Å². The topological polar surface area (TPSA) is 52.7 Å². The molecule has 2 aliphatic rings. The maximum absolute atomic E-state index is 12.2. The maximum Gasteiger partial charge on any atom is 0.219 e. The summed E-state index contributed by atoms with van der Waals surface area (Å²) >= 11 is 0. The summed E-state index contributed by atoms with van der Waals surface area (Å²) in [7, 11) is -3.12. The van der Waals surface area contributed by atoms with Gasteiger partial charge in [0, 0.05) is 45.3 Å². The summed E-state index contributed by atoms with van der Waals surface area (Å²) in [6.07, 6.45) is 0. The van der Waals surface area contributed by atoms with Crippen molar-refractivity contribution in [2.24, 2.45) is 0 Å². The Labute approximate surface area is 104 Å². The molecule has 0 saturated carbocycles. The fourth-order valence-electron chi connectivity index (χ4n) is 2.28. The van der Waals surface area contributed by atoms with E-state index in [4.69, 9.17) is 0 Å². The molecular formula is C11H23N3O2S. The molecule has 2 rings (SSSR count). The quantitative estimate of drug-likeness (QED) is 0.742. The number of rotatable bonds is 2. The highest BCUT2D eigenvalue weighted by Gasteiger charge is 2.44. The second kappa shape index (κ2) is 4.50. The van der Waals surface area contributed by atoms with Gasteiger partial charge >= 0.3 is 0 Å². The van der Waals surface area contributed by atoms with Gasteiger partial charge in [-0.1, -0.05) is 0 Å². The summed E-state index contributed by atoms with van der Waals surface area (Å²) < 4.78 is 25.3. The Morgan fingerprint density at radius 1 is 1.12 bits per heavy atom. The standard InChI is InChI=1S/C11H23N3O2S/c1-11(2,3)17(15,16)14-8-10(9-14)13-6-4-12-5-7-13/h10,12H,4-9H2,1-3H3. The van der Waals surface area contributed by atoms with Gasteiger partial charge in [0.2, 0.25) is 10.0 Å². The van der Waals surface area contributed by atoms with Crippen molar-refractivity contribution in [2.75, 3.05) is 39.3 Å². The first-order valence-corrected chi connectivity index (χ1v) is 7.71. The van der Waals surface area contributed by atoms with Crippen LogP contribution >= 0.6 is 0 Å². The van der Waals surface area contributed by atoms with Crippen LogP contribution in [0, 0.1) is 0 Å². The SMILES string of the molecule is CC(C)(C)S(=O)(=O)N1CC(N2CCNCC2)C1. The van der Waals surface area contributed by atoms with Gasteiger partial charge in [-0.15, -0.1) is 0 Å². The van der Waals surface area contributed by atoms with E-state index < -0.39 is 14.8 Å². The van der Waals surface area contributed by atoms with Crippen LogP contribution in [0.5, 0.6) is 0 Å². The molecule has 0 aromatic carbocycles. The van der Waals surface area contributed by atoms with Gasteiger partial charge in [0.25, 0.3) is 0 Å². The van der Waals surface area contributed by atoms with Gasteiger partial charge in [-0.2, -0.15) is 4.31 Å². The van der Waals surface area contributed by atoms with Crippen molar-refractivity contribution in [2.45, 2.75) is 31.6 Å². The number of piperazine rings is 1. The van der Waals surface area contributed by atoms with Gasteiger partial charge in [0.1, 0.15) is 0 Å². The van der Waals surface area contributed by atoms with Gasteiger partial charge in [0.15, 0.2) is 0 Å². The largest absolute Gasteiger partial charge is 0.314 e. The first-order valence-electron chi connectivity index (χ1n) is 6.27. The summed E-state index contributed by atoms with van der Waals surface area (Å²) in [5.41, 5.74) is 0. The summed E-state index contributed by atoms with van der Waals surface area (Å²) in [5.74, 6) is 0. The molecule has 2 fully saturated rings. The zero-order valence-electron chi connectivity index (χ0n) is 10.9. The van der Waals surface area contributed by atoms with Crippen LogP contribution < -0.4 is 5.32 Å². The van der Waals surface area contributed by atoms with Gasteiger partial charge in [-0.3, -0.25) is 4.90 Å². The van der Waals surface area contributed by atoms with Gasteiger partial charge in [-0.25, -0.2) is 8.42 Å². The third kappa shape index (κ3) is 2.50. The summed E-state index contributed by atoms with van der Waals surface area (Å²) in [6.45, 7) is 10.7. The molecule has 0 spiro atoms. The highest BCUT2D eigenvalue weighted by molar-refractivity contribution is 7.90. The molecule has 6 heteroatoms. The summed E-state index contributed by atoms with van der Waals surface area (Å²) in [6, 6.07) is 0.425. The highest BCUT2D eigenvalue weighted by Crippen LogP contribution is 2.27. The molecule has 2 aliphatic heterocycles. The molecule has 2 heterocycles. The molecule has 2 saturated heterocycles. The van der Waals surface area contributed by atoms with Crippen LogP contribution in [0.15, 0.2) is 0 Å². The van der Waals surface area contributed by atoms with E-state index in [0.717, 1.165) is 26.2 Å². The highest BCUT2D eigenvalue weighted by atomic mass is 32.2. The minimum atomic E-state index is -3.12. The molecule has 100 valence electrons. The van der Waals surface area contributed by atoms with Crippen LogP contribution in [0.2, 0.25) is 0 Å². The van der Waals surface area contributed by atoms with Crippen LogP contribution in [0.1, 0.15) is 20.8 Å². The Morgan fingerprint density at radius 2 is 1.65 bits per heavy atom. The second-order valence-corrected chi connectivity index (χ2v) is 8.57. The molecule has 0 amide bonds. The van der Waals surface area contributed by atoms with E-state index in [1.54, 1.807) is 25.1 Å². The van der Waals surface area contributed by atoms with Gasteiger partial charge < -0.3 is 5.32 Å². The lowest BCUT2D eigenvalue weighted by molar-refractivity contribution is 0.0760. The molecule has 1 N–H and O–H groups in total. The van der Waals surface area contributed by atoms with Crippen molar-refractivity contribution in [3.63, 3.8) is 0 Å². The molecule has 0 unspecified atom stereocenters. The number of hydrogen-bond donors (Lipinski definition) is 1. The maximum atomic E-state index is 12.2. The van der Waals surface area contributed by atoms with E-state index in [0.29, 0.717) is 19.1 Å². The predicted octanol–water partition coefficient (Wildman–Crippen LogP) is -0.296. The molecule has 0 radical (unpaired) electrons. The molecule has 0 atom stereocenters. The van der Waals surface area contributed by atoms with E-state index in [2.05, 4.69) is 10.2 Å². The molecule has 0 aliphatic carbocycles. The average molecular weight is 261 g/mol.